The number of aromatic nitrogens is 1. The zero-order valence-corrected chi connectivity index (χ0v) is 11.7. The second-order valence-electron chi connectivity index (χ2n) is 5.67. The molecule has 0 amide bonds. The fraction of sp³-hybridized carbons (Fsp3) is 0.667. The van der Waals surface area contributed by atoms with Crippen LogP contribution in [0.5, 0.6) is 0 Å². The lowest BCUT2D eigenvalue weighted by atomic mass is 9.86. The van der Waals surface area contributed by atoms with E-state index in [2.05, 4.69) is 30.8 Å². The van der Waals surface area contributed by atoms with Gasteiger partial charge in [0.25, 0.3) is 0 Å². The number of rotatable bonds is 3. The number of hydrogen-bond acceptors (Lipinski definition) is 3. The molecule has 0 aromatic carbocycles. The molecule has 0 spiro atoms. The van der Waals surface area contributed by atoms with Crippen molar-refractivity contribution in [2.45, 2.75) is 52.2 Å². The van der Waals surface area contributed by atoms with Gasteiger partial charge in [-0.1, -0.05) is 6.92 Å². The number of hydrogen-bond donors (Lipinski definition) is 1. The standard InChI is InChI=1S/C15H24N2O/c1-11-4-6-14(7-5-11)17(3)15-12(2)8-13(10-18)9-16-15/h8-9,11,14,18H,4-7,10H2,1-3H3. The number of aryl methyl sites for hydroxylation is 1. The van der Waals surface area contributed by atoms with Crippen LogP contribution < -0.4 is 4.90 Å². The lowest BCUT2D eigenvalue weighted by Gasteiger charge is -2.35. The molecule has 1 aromatic heterocycles. The highest BCUT2D eigenvalue weighted by Gasteiger charge is 2.23. The van der Waals surface area contributed by atoms with Crippen molar-refractivity contribution in [2.75, 3.05) is 11.9 Å². The predicted octanol–water partition coefficient (Wildman–Crippen LogP) is 2.90. The van der Waals surface area contributed by atoms with Crippen molar-refractivity contribution in [3.63, 3.8) is 0 Å². The number of pyridine rings is 1. The predicted molar refractivity (Wildman–Crippen MR) is 74.7 cm³/mol. The third-order valence-corrected chi connectivity index (χ3v) is 4.16. The second-order valence-corrected chi connectivity index (χ2v) is 5.67. The lowest BCUT2D eigenvalue weighted by molar-refractivity contribution is 0.281. The molecule has 0 bridgehead atoms. The van der Waals surface area contributed by atoms with E-state index in [1.165, 1.54) is 25.7 Å². The van der Waals surface area contributed by atoms with Gasteiger partial charge in [0, 0.05) is 19.3 Å². The molecule has 0 atom stereocenters. The molecule has 1 aliphatic rings. The average molecular weight is 248 g/mol. The Morgan fingerprint density at radius 2 is 2.00 bits per heavy atom. The first-order valence-electron chi connectivity index (χ1n) is 6.91. The quantitative estimate of drug-likeness (QED) is 0.893. The van der Waals surface area contributed by atoms with Gasteiger partial charge >= 0.3 is 0 Å². The molecule has 100 valence electrons. The third kappa shape index (κ3) is 2.83. The van der Waals surface area contributed by atoms with Gasteiger partial charge in [-0.05, 0) is 55.7 Å². The summed E-state index contributed by atoms with van der Waals surface area (Å²) in [6.45, 7) is 4.48. The minimum Gasteiger partial charge on any atom is -0.392 e. The monoisotopic (exact) mass is 248 g/mol. The van der Waals surface area contributed by atoms with E-state index in [0.29, 0.717) is 6.04 Å². The van der Waals surface area contributed by atoms with Crippen LogP contribution in [0.2, 0.25) is 0 Å². The van der Waals surface area contributed by atoms with Gasteiger partial charge in [-0.25, -0.2) is 4.98 Å². The Balaban J connectivity index is 2.11. The summed E-state index contributed by atoms with van der Waals surface area (Å²) in [4.78, 5) is 6.83. The van der Waals surface area contributed by atoms with Crippen LogP contribution in [0, 0.1) is 12.8 Å². The molecule has 18 heavy (non-hydrogen) atoms. The zero-order valence-electron chi connectivity index (χ0n) is 11.7. The molecule has 1 saturated carbocycles. The number of aliphatic hydroxyl groups excluding tert-OH is 1. The number of aliphatic hydroxyl groups is 1. The Morgan fingerprint density at radius 3 is 2.56 bits per heavy atom. The van der Waals surface area contributed by atoms with Crippen molar-refractivity contribution >= 4 is 5.82 Å². The van der Waals surface area contributed by atoms with E-state index in [1.807, 2.05) is 6.07 Å². The number of anilines is 1. The van der Waals surface area contributed by atoms with E-state index in [1.54, 1.807) is 6.20 Å². The molecule has 0 aliphatic heterocycles. The minimum atomic E-state index is 0.0682. The van der Waals surface area contributed by atoms with Crippen LogP contribution in [0.15, 0.2) is 12.3 Å². The summed E-state index contributed by atoms with van der Waals surface area (Å²) < 4.78 is 0. The van der Waals surface area contributed by atoms with Crippen LogP contribution in [0.3, 0.4) is 0 Å². The number of nitrogens with zero attached hydrogens (tertiary/aromatic N) is 2. The molecule has 2 rings (SSSR count). The van der Waals surface area contributed by atoms with Crippen molar-refractivity contribution in [1.29, 1.82) is 0 Å². The molecular formula is C15H24N2O. The van der Waals surface area contributed by atoms with Gasteiger partial charge in [0.05, 0.1) is 6.61 Å². The Bertz CT molecular complexity index is 397. The van der Waals surface area contributed by atoms with Gasteiger partial charge in [-0.2, -0.15) is 0 Å². The van der Waals surface area contributed by atoms with Gasteiger partial charge in [-0.3, -0.25) is 0 Å². The zero-order chi connectivity index (χ0) is 13.1. The summed E-state index contributed by atoms with van der Waals surface area (Å²) in [5.41, 5.74) is 2.05. The maximum Gasteiger partial charge on any atom is 0.131 e. The molecule has 1 aromatic rings. The molecule has 0 unspecified atom stereocenters. The SMILES string of the molecule is Cc1cc(CO)cnc1N(C)C1CCC(C)CC1. The van der Waals surface area contributed by atoms with Crippen molar-refractivity contribution in [3.8, 4) is 0 Å². The van der Waals surface area contributed by atoms with Crippen molar-refractivity contribution < 1.29 is 5.11 Å². The third-order valence-electron chi connectivity index (χ3n) is 4.16. The first-order chi connectivity index (χ1) is 8.61. The van der Waals surface area contributed by atoms with Gasteiger partial charge in [0.2, 0.25) is 0 Å². The van der Waals surface area contributed by atoms with E-state index < -0.39 is 0 Å². The van der Waals surface area contributed by atoms with Gasteiger partial charge < -0.3 is 10.0 Å². The highest BCUT2D eigenvalue weighted by atomic mass is 16.3. The van der Waals surface area contributed by atoms with Crippen LogP contribution in [-0.4, -0.2) is 23.2 Å². The topological polar surface area (TPSA) is 36.4 Å². The van der Waals surface area contributed by atoms with E-state index in [-0.39, 0.29) is 6.61 Å². The van der Waals surface area contributed by atoms with Crippen LogP contribution in [0.25, 0.3) is 0 Å². The van der Waals surface area contributed by atoms with Gasteiger partial charge in [0.1, 0.15) is 5.82 Å². The molecule has 1 heterocycles. The second kappa shape index (κ2) is 5.70. The molecule has 0 radical (unpaired) electrons. The average Bonchev–Trinajstić information content (AvgIpc) is 2.38. The van der Waals surface area contributed by atoms with Crippen LogP contribution in [0.1, 0.15) is 43.7 Å². The van der Waals surface area contributed by atoms with Crippen molar-refractivity contribution in [2.24, 2.45) is 5.92 Å². The highest BCUT2D eigenvalue weighted by molar-refractivity contribution is 5.47. The molecule has 1 aliphatic carbocycles. The maximum absolute atomic E-state index is 9.12. The normalized spacial score (nSPS) is 24.0. The first kappa shape index (κ1) is 13.3. The van der Waals surface area contributed by atoms with E-state index in [0.717, 1.165) is 22.9 Å². The summed E-state index contributed by atoms with van der Waals surface area (Å²) >= 11 is 0. The Morgan fingerprint density at radius 1 is 1.33 bits per heavy atom. The lowest BCUT2D eigenvalue weighted by Crippen LogP contribution is -2.35. The summed E-state index contributed by atoms with van der Waals surface area (Å²) in [5.74, 6) is 1.94. The van der Waals surface area contributed by atoms with Crippen LogP contribution in [0.4, 0.5) is 5.82 Å². The Labute approximate surface area is 110 Å². The van der Waals surface area contributed by atoms with E-state index in [9.17, 15) is 0 Å². The van der Waals surface area contributed by atoms with Crippen molar-refractivity contribution in [3.05, 3.63) is 23.4 Å². The summed E-state index contributed by atoms with van der Waals surface area (Å²) in [6, 6.07) is 2.65. The Kier molecular flexibility index (Phi) is 4.23. The summed E-state index contributed by atoms with van der Waals surface area (Å²) in [5, 5.41) is 9.12. The fourth-order valence-corrected chi connectivity index (χ4v) is 2.88. The maximum atomic E-state index is 9.12. The van der Waals surface area contributed by atoms with Crippen LogP contribution >= 0.6 is 0 Å². The molecular weight excluding hydrogens is 224 g/mol. The van der Waals surface area contributed by atoms with Crippen LogP contribution in [-0.2, 0) is 6.61 Å². The molecule has 3 nitrogen and oxygen atoms in total. The first-order valence-corrected chi connectivity index (χ1v) is 6.91. The summed E-state index contributed by atoms with van der Waals surface area (Å²) in [7, 11) is 2.15. The Hall–Kier alpha value is -1.09. The van der Waals surface area contributed by atoms with E-state index in [4.69, 9.17) is 5.11 Å². The smallest absolute Gasteiger partial charge is 0.131 e. The summed E-state index contributed by atoms with van der Waals surface area (Å²) in [6.07, 6.45) is 6.96. The van der Waals surface area contributed by atoms with Gasteiger partial charge in [-0.15, -0.1) is 0 Å². The van der Waals surface area contributed by atoms with E-state index >= 15 is 0 Å². The largest absolute Gasteiger partial charge is 0.392 e. The van der Waals surface area contributed by atoms with Crippen molar-refractivity contribution in [1.82, 2.24) is 4.98 Å². The molecule has 1 fully saturated rings. The fourth-order valence-electron chi connectivity index (χ4n) is 2.88. The molecule has 1 N–H and O–H groups in total. The molecule has 0 saturated heterocycles. The van der Waals surface area contributed by atoms with Gasteiger partial charge in [0.15, 0.2) is 0 Å². The molecule has 3 heteroatoms. The minimum absolute atomic E-state index is 0.0682. The highest BCUT2D eigenvalue weighted by Crippen LogP contribution is 2.29.